The summed E-state index contributed by atoms with van der Waals surface area (Å²) in [5.74, 6) is -16.0. The van der Waals surface area contributed by atoms with E-state index in [4.69, 9.17) is 14.2 Å². The van der Waals surface area contributed by atoms with Crippen LogP contribution in [0, 0.1) is 0 Å². The molecule has 0 radical (unpaired) electrons. The van der Waals surface area contributed by atoms with Crippen molar-refractivity contribution in [2.45, 2.75) is 52.4 Å². The molecule has 3 heterocycles. The molecule has 4 amide bonds. The van der Waals surface area contributed by atoms with E-state index < -0.39 is 141 Å². The molecule has 2 aliphatic heterocycles. The highest BCUT2D eigenvalue weighted by Gasteiger charge is 2.47. The number of ether oxygens (including phenoxy) is 3. The lowest BCUT2D eigenvalue weighted by atomic mass is 9.78. The van der Waals surface area contributed by atoms with Crippen molar-refractivity contribution in [3.8, 4) is 0 Å². The number of likely N-dealkylation sites (N-methyl/N-ethyl adjacent to an activating group) is 1. The van der Waals surface area contributed by atoms with Crippen molar-refractivity contribution in [2.24, 2.45) is 0 Å². The number of carboxylic acids is 6. The van der Waals surface area contributed by atoms with Crippen LogP contribution in [0.2, 0.25) is 0 Å². The average molecular weight is 1310 g/mol. The van der Waals surface area contributed by atoms with Gasteiger partial charge in [0.05, 0.1) is 38.0 Å². The Hall–Kier alpha value is -11.6. The van der Waals surface area contributed by atoms with E-state index in [9.17, 15) is 93.0 Å². The third-order valence-corrected chi connectivity index (χ3v) is 16.1. The van der Waals surface area contributed by atoms with Gasteiger partial charge < -0.3 is 69.3 Å². The Morgan fingerprint density at radius 1 is 0.516 bits per heavy atom. The molecule has 0 atom stereocenters. The van der Waals surface area contributed by atoms with E-state index in [0.717, 1.165) is 44.6 Å². The maximum atomic E-state index is 14.8. The third kappa shape index (κ3) is 15.0. The molecule has 0 bridgehead atoms. The summed E-state index contributed by atoms with van der Waals surface area (Å²) >= 11 is 0. The normalized spacial score (nSPS) is 14.1. The number of benzene rings is 4. The molecule has 0 spiro atoms. The topological polar surface area (TPSA) is 403 Å². The van der Waals surface area contributed by atoms with Gasteiger partial charge in [0.1, 0.15) is 58.9 Å². The monoisotopic (exact) mass is 1310 g/mol. The zero-order chi connectivity index (χ0) is 70.3. The number of carboxylic acid groups (broad SMARTS) is 6. The van der Waals surface area contributed by atoms with E-state index in [1.807, 2.05) is 51.0 Å². The number of amides is 4. The Bertz CT molecular complexity index is 4170. The highest BCUT2D eigenvalue weighted by Crippen LogP contribution is 2.52. The van der Waals surface area contributed by atoms with Gasteiger partial charge in [0.2, 0.25) is 5.69 Å². The minimum Gasteiger partial charge on any atom is -0.480 e. The van der Waals surface area contributed by atoms with Crippen LogP contribution in [0.25, 0.3) is 27.1 Å². The summed E-state index contributed by atoms with van der Waals surface area (Å²) in [6.07, 6.45) is 8.16. The first-order valence-electron chi connectivity index (χ1n) is 29.2. The van der Waals surface area contributed by atoms with E-state index in [1.165, 1.54) is 30.3 Å². The summed E-state index contributed by atoms with van der Waals surface area (Å²) in [5.41, 5.74) is 0.416. The smallest absolute Gasteiger partial charge is 0.337 e. The Labute approximate surface area is 541 Å². The minimum absolute atomic E-state index is 0.137. The van der Waals surface area contributed by atoms with Gasteiger partial charge in [0, 0.05) is 75.1 Å². The molecule has 0 saturated carbocycles. The maximum absolute atomic E-state index is 14.8. The number of aliphatic carboxylic acids is 5. The molecule has 5 aromatic rings. The predicted octanol–water partition coefficient (Wildman–Crippen LogP) is 4.53. The predicted molar refractivity (Wildman–Crippen MR) is 337 cm³/mol. The molecule has 0 fully saturated rings. The molecule has 0 unspecified atom stereocenters. The molecule has 6 N–H and O–H groups in total. The van der Waals surface area contributed by atoms with Crippen LogP contribution in [-0.4, -0.2) is 230 Å². The van der Waals surface area contributed by atoms with Gasteiger partial charge in [-0.1, -0.05) is 26.0 Å². The first kappa shape index (κ1) is 70.8. The van der Waals surface area contributed by atoms with Crippen molar-refractivity contribution >= 4 is 122 Å². The number of aromatic nitrogens is 1. The Morgan fingerprint density at radius 3 is 1.36 bits per heavy atom. The number of anilines is 1. The highest BCUT2D eigenvalue weighted by molar-refractivity contribution is 6.17. The minimum atomic E-state index is -1.56. The number of fused-ring (bicyclic) bond motifs is 6. The largest absolute Gasteiger partial charge is 0.480 e. The van der Waals surface area contributed by atoms with Gasteiger partial charge in [0.25, 0.3) is 23.6 Å². The van der Waals surface area contributed by atoms with Crippen LogP contribution in [0.4, 0.5) is 11.4 Å². The van der Waals surface area contributed by atoms with Crippen LogP contribution in [0.3, 0.4) is 0 Å². The lowest BCUT2D eigenvalue weighted by molar-refractivity contribution is -0.433. The van der Waals surface area contributed by atoms with E-state index >= 15 is 0 Å². The third-order valence-electron chi connectivity index (χ3n) is 16.1. The number of carbonyl (C=O) groups excluding carboxylic acids is 7. The van der Waals surface area contributed by atoms with Crippen molar-refractivity contribution in [1.29, 1.82) is 0 Å². The molecule has 0 aliphatic carbocycles. The van der Waals surface area contributed by atoms with Gasteiger partial charge >= 0.3 is 53.7 Å². The summed E-state index contributed by atoms with van der Waals surface area (Å²) in [5, 5.41) is 59.7. The molecule has 498 valence electrons. The first-order chi connectivity index (χ1) is 44.7. The van der Waals surface area contributed by atoms with Gasteiger partial charge in [-0.15, -0.1) is 0 Å². The number of esters is 3. The first-order valence-corrected chi connectivity index (χ1v) is 29.2. The number of carbonyl (C=O) groups is 13. The number of hydrogen-bond acceptors (Lipinski definition) is 18. The SMILES string of the molecule is CCN1C(=CC=C(C=CC2=[N+](CC)c3ccc4c(C(=O)N(CC(=O)OC)CC(=O)OC)cc(C(=O)N(CC(=O)O)CC(=O)O)cc4c3C2(C)C)c2ccc(C(=O)O)cn2)C(C)(C)c2c1ccc1c(C(=O)N(CC(=O)O)CC(=O)O)cc(C(=O)N(CC(=O)O)CC(=O)OC)cc21. The van der Waals surface area contributed by atoms with Crippen LogP contribution in [-0.2, 0) is 63.4 Å². The molecule has 0 saturated heterocycles. The Kier molecular flexibility index (Phi) is 21.5. The fourth-order valence-electron chi connectivity index (χ4n) is 11.9. The van der Waals surface area contributed by atoms with Crippen LogP contribution >= 0.6 is 0 Å². The lowest BCUT2D eigenvalue weighted by Gasteiger charge is -2.26. The van der Waals surface area contributed by atoms with Crippen molar-refractivity contribution in [2.75, 3.05) is 91.7 Å². The summed E-state index contributed by atoms with van der Waals surface area (Å²) in [6, 6.07) is 14.4. The van der Waals surface area contributed by atoms with Gasteiger partial charge in [-0.05, 0) is 115 Å². The van der Waals surface area contributed by atoms with E-state index in [2.05, 4.69) is 4.98 Å². The van der Waals surface area contributed by atoms with Crippen LogP contribution in [0.1, 0.15) is 110 Å². The molecular formula is C66H68N7O22+. The second-order valence-corrected chi connectivity index (χ2v) is 22.9. The number of hydrogen-bond donors (Lipinski definition) is 6. The molecule has 4 aromatic carbocycles. The van der Waals surface area contributed by atoms with E-state index in [-0.39, 0.29) is 61.6 Å². The number of nitrogens with zero attached hydrogens (tertiary/aromatic N) is 7. The summed E-state index contributed by atoms with van der Waals surface area (Å²) in [7, 11) is 3.15. The van der Waals surface area contributed by atoms with Crippen LogP contribution in [0.5, 0.6) is 0 Å². The Morgan fingerprint density at radius 2 is 0.947 bits per heavy atom. The van der Waals surface area contributed by atoms with Gasteiger partial charge in [-0.3, -0.25) is 62.5 Å². The highest BCUT2D eigenvalue weighted by atomic mass is 16.5. The lowest BCUT2D eigenvalue weighted by Crippen LogP contribution is -2.41. The zero-order valence-corrected chi connectivity index (χ0v) is 53.1. The molecule has 95 heavy (non-hydrogen) atoms. The fraction of sp³-hybridized carbons (Fsp3) is 0.318. The number of rotatable bonds is 27. The second kappa shape index (κ2) is 28.9. The number of allylic oxidation sites excluding steroid dienone is 6. The zero-order valence-electron chi connectivity index (χ0n) is 53.1. The second-order valence-electron chi connectivity index (χ2n) is 22.9. The van der Waals surface area contributed by atoms with E-state index in [1.54, 1.807) is 42.5 Å². The summed E-state index contributed by atoms with van der Waals surface area (Å²) in [4.78, 5) is 178. The Balaban J connectivity index is 1.46. The summed E-state index contributed by atoms with van der Waals surface area (Å²) < 4.78 is 16.3. The standard InChI is InChI=1S/C66H67N7O22/c1-10-72-46-18-15-39-42(23-38(61(88)70(31-54(82)83)32-55(84)93-7)25-43(39)62(89)69(29-52(78)79)30-53(80)81)59(46)66(5,6)49(72)21-14-35(45-17-12-36(26-67-45)64(91)92)13-20-48-65(3,4)58-41-22-37(60(87)68(27-50(74)75)28-51(76)77)24-44(40(41)16-19-47(58)73(48)11-2)63(90)71(33-56(85)94-8)34-57(86)95-9/h12-26H,10-11,27-34H2,1-9H3,(H5-,74,75,76,77,78,79,80,81,82,83,91,92)/p+1. The van der Waals surface area contributed by atoms with E-state index in [0.29, 0.717) is 60.7 Å². The molecule has 2 aliphatic rings. The van der Waals surface area contributed by atoms with Crippen molar-refractivity contribution in [1.82, 2.24) is 24.6 Å². The molecule has 1 aromatic heterocycles. The summed E-state index contributed by atoms with van der Waals surface area (Å²) in [6.45, 7) is 4.07. The van der Waals surface area contributed by atoms with Gasteiger partial charge in [-0.25, -0.2) is 4.79 Å². The maximum Gasteiger partial charge on any atom is 0.337 e. The van der Waals surface area contributed by atoms with Gasteiger partial charge in [-0.2, -0.15) is 4.58 Å². The van der Waals surface area contributed by atoms with Crippen LogP contribution < -0.4 is 4.90 Å². The van der Waals surface area contributed by atoms with Crippen molar-refractivity contribution < 1.29 is 112 Å². The fourth-order valence-corrected chi connectivity index (χ4v) is 11.9. The number of pyridine rings is 1. The number of aromatic carboxylic acids is 1. The molecule has 29 nitrogen and oxygen atoms in total. The van der Waals surface area contributed by atoms with Crippen molar-refractivity contribution in [3.63, 3.8) is 0 Å². The van der Waals surface area contributed by atoms with Crippen molar-refractivity contribution in [3.05, 3.63) is 141 Å². The molecule has 7 rings (SSSR count). The molecule has 29 heteroatoms. The molecular weight excluding hydrogens is 1240 g/mol. The van der Waals surface area contributed by atoms with Gasteiger partial charge in [0.15, 0.2) is 5.71 Å². The average Bonchev–Trinajstić information content (AvgIpc) is 1.60. The quantitative estimate of drug-likeness (QED) is 0.0182. The number of methoxy groups -OCH3 is 3. The van der Waals surface area contributed by atoms with Crippen LogP contribution in [0.15, 0.2) is 96.9 Å².